The average molecular weight is 338 g/mol. The molecule has 1 heterocycles. The van der Waals surface area contributed by atoms with Gasteiger partial charge in [-0.15, -0.1) is 0 Å². The van der Waals surface area contributed by atoms with E-state index in [-0.39, 0.29) is 16.5 Å². The molecule has 0 fully saturated rings. The SMILES string of the molecule is CN(Cc1ncc[nH]1)S(=O)(=O)c1ccc(Cl)c(F)c1Cl. The van der Waals surface area contributed by atoms with Gasteiger partial charge in [0.15, 0.2) is 5.82 Å². The van der Waals surface area contributed by atoms with Gasteiger partial charge in [0.1, 0.15) is 10.7 Å². The van der Waals surface area contributed by atoms with Crippen LogP contribution in [0.4, 0.5) is 4.39 Å². The number of H-pyrrole nitrogens is 1. The molecule has 0 atom stereocenters. The molecule has 0 aliphatic heterocycles. The van der Waals surface area contributed by atoms with E-state index in [4.69, 9.17) is 23.2 Å². The third-order valence-corrected chi connectivity index (χ3v) is 5.23. The fraction of sp³-hybridized carbons (Fsp3) is 0.182. The van der Waals surface area contributed by atoms with Crippen LogP contribution < -0.4 is 0 Å². The van der Waals surface area contributed by atoms with E-state index in [9.17, 15) is 12.8 Å². The van der Waals surface area contributed by atoms with Crippen molar-refractivity contribution >= 4 is 33.2 Å². The second-order valence-electron chi connectivity index (χ2n) is 3.97. The van der Waals surface area contributed by atoms with Crippen molar-refractivity contribution in [2.24, 2.45) is 0 Å². The smallest absolute Gasteiger partial charge is 0.244 e. The molecule has 0 spiro atoms. The van der Waals surface area contributed by atoms with Crippen molar-refractivity contribution in [3.05, 3.63) is 46.2 Å². The summed E-state index contributed by atoms with van der Waals surface area (Å²) in [5, 5.41) is -0.758. The Morgan fingerprint density at radius 2 is 2.10 bits per heavy atom. The highest BCUT2D eigenvalue weighted by molar-refractivity contribution is 7.89. The van der Waals surface area contributed by atoms with Crippen molar-refractivity contribution in [3.63, 3.8) is 0 Å². The molecule has 1 aromatic heterocycles. The molecule has 0 saturated heterocycles. The first-order valence-corrected chi connectivity index (χ1v) is 7.61. The number of nitrogens with zero attached hydrogens (tertiary/aromatic N) is 2. The molecular formula is C11H10Cl2FN3O2S. The molecule has 9 heteroatoms. The molecule has 5 nitrogen and oxygen atoms in total. The molecule has 0 aliphatic carbocycles. The Morgan fingerprint density at radius 3 is 2.70 bits per heavy atom. The molecule has 0 aliphatic rings. The van der Waals surface area contributed by atoms with Gasteiger partial charge in [-0.3, -0.25) is 0 Å². The van der Waals surface area contributed by atoms with E-state index in [2.05, 4.69) is 9.97 Å². The summed E-state index contributed by atoms with van der Waals surface area (Å²) in [7, 11) is -2.59. The lowest BCUT2D eigenvalue weighted by Gasteiger charge is -2.17. The molecular weight excluding hydrogens is 328 g/mol. The minimum Gasteiger partial charge on any atom is -0.347 e. The molecule has 1 N–H and O–H groups in total. The Bertz CT molecular complexity index is 720. The maximum absolute atomic E-state index is 13.6. The second-order valence-corrected chi connectivity index (χ2v) is 6.77. The van der Waals surface area contributed by atoms with E-state index >= 15 is 0 Å². The highest BCUT2D eigenvalue weighted by atomic mass is 35.5. The van der Waals surface area contributed by atoms with Gasteiger partial charge in [-0.05, 0) is 12.1 Å². The maximum atomic E-state index is 13.6. The average Bonchev–Trinajstić information content (AvgIpc) is 2.88. The summed E-state index contributed by atoms with van der Waals surface area (Å²) in [5.74, 6) is -0.498. The van der Waals surface area contributed by atoms with Crippen LogP contribution in [0.15, 0.2) is 29.4 Å². The Hall–Kier alpha value is -1.15. The first-order valence-electron chi connectivity index (χ1n) is 5.42. The first kappa shape index (κ1) is 15.2. The predicted octanol–water partition coefficient (Wildman–Crippen LogP) is 2.68. The van der Waals surface area contributed by atoms with E-state index in [1.165, 1.54) is 19.3 Å². The highest BCUT2D eigenvalue weighted by Gasteiger charge is 2.26. The summed E-state index contributed by atoms with van der Waals surface area (Å²) in [4.78, 5) is 6.37. The fourth-order valence-electron chi connectivity index (χ4n) is 1.56. The summed E-state index contributed by atoms with van der Waals surface area (Å²) in [6.45, 7) is 0.00983. The van der Waals surface area contributed by atoms with Crippen molar-refractivity contribution in [2.45, 2.75) is 11.4 Å². The lowest BCUT2D eigenvalue weighted by molar-refractivity contribution is 0.457. The van der Waals surface area contributed by atoms with Gasteiger partial charge in [0.2, 0.25) is 10.0 Å². The van der Waals surface area contributed by atoms with Gasteiger partial charge in [-0.1, -0.05) is 23.2 Å². The molecule has 2 rings (SSSR count). The van der Waals surface area contributed by atoms with Crippen LogP contribution in [0.3, 0.4) is 0 Å². The summed E-state index contributed by atoms with van der Waals surface area (Å²) >= 11 is 11.3. The van der Waals surface area contributed by atoms with Crippen LogP contribution in [-0.2, 0) is 16.6 Å². The number of aromatic amines is 1. The second kappa shape index (κ2) is 5.69. The van der Waals surface area contributed by atoms with Gasteiger partial charge in [0.05, 0.1) is 16.6 Å². The highest BCUT2D eigenvalue weighted by Crippen LogP contribution is 2.31. The largest absolute Gasteiger partial charge is 0.347 e. The van der Waals surface area contributed by atoms with Gasteiger partial charge >= 0.3 is 0 Å². The number of imidazole rings is 1. The van der Waals surface area contributed by atoms with Gasteiger partial charge < -0.3 is 4.98 Å². The minimum absolute atomic E-state index is 0.00983. The van der Waals surface area contributed by atoms with E-state index in [0.29, 0.717) is 5.82 Å². The zero-order valence-electron chi connectivity index (χ0n) is 10.3. The summed E-state index contributed by atoms with van der Waals surface area (Å²) in [6.07, 6.45) is 3.08. The summed E-state index contributed by atoms with van der Waals surface area (Å²) < 4.78 is 39.3. The normalized spacial score (nSPS) is 12.1. The fourth-order valence-corrected chi connectivity index (χ4v) is 3.40. The monoisotopic (exact) mass is 337 g/mol. The molecule has 1 aromatic carbocycles. The van der Waals surface area contributed by atoms with Gasteiger partial charge in [0.25, 0.3) is 0 Å². The summed E-state index contributed by atoms with van der Waals surface area (Å²) in [5.41, 5.74) is 0. The third-order valence-electron chi connectivity index (χ3n) is 2.62. The van der Waals surface area contributed by atoms with Crippen LogP contribution in [0.1, 0.15) is 5.82 Å². The first-order chi connectivity index (χ1) is 9.34. The number of benzene rings is 1. The molecule has 0 amide bonds. The number of hydrogen-bond donors (Lipinski definition) is 1. The van der Waals surface area contributed by atoms with E-state index in [1.807, 2.05) is 0 Å². The molecule has 0 unspecified atom stereocenters. The Kier molecular flexibility index (Phi) is 4.33. The van der Waals surface area contributed by atoms with E-state index in [0.717, 1.165) is 10.4 Å². The van der Waals surface area contributed by atoms with Crippen LogP contribution in [-0.4, -0.2) is 29.7 Å². The Labute approximate surface area is 125 Å². The topological polar surface area (TPSA) is 66.1 Å². The predicted molar refractivity (Wildman–Crippen MR) is 73.7 cm³/mol. The van der Waals surface area contributed by atoms with Crippen LogP contribution in [0.25, 0.3) is 0 Å². The third kappa shape index (κ3) is 2.80. The van der Waals surface area contributed by atoms with Gasteiger partial charge in [-0.25, -0.2) is 17.8 Å². The number of hydrogen-bond acceptors (Lipinski definition) is 3. The van der Waals surface area contributed by atoms with E-state index in [1.54, 1.807) is 6.20 Å². The lowest BCUT2D eigenvalue weighted by Crippen LogP contribution is -2.27. The standard InChI is InChI=1S/C11H10Cl2FN3O2S/c1-17(6-9-15-4-5-16-9)20(18,19)8-3-2-7(12)11(14)10(8)13/h2-5H,6H2,1H3,(H,15,16). The van der Waals surface area contributed by atoms with Crippen LogP contribution in [0.2, 0.25) is 10.0 Å². The van der Waals surface area contributed by atoms with Crippen molar-refractivity contribution in [3.8, 4) is 0 Å². The number of nitrogens with one attached hydrogen (secondary N) is 1. The number of rotatable bonds is 4. The zero-order valence-corrected chi connectivity index (χ0v) is 12.6. The molecule has 2 aromatic rings. The van der Waals surface area contributed by atoms with Crippen LogP contribution in [0.5, 0.6) is 0 Å². The molecule has 20 heavy (non-hydrogen) atoms. The van der Waals surface area contributed by atoms with Crippen molar-refractivity contribution in [2.75, 3.05) is 7.05 Å². The molecule has 0 saturated carbocycles. The Morgan fingerprint density at radius 1 is 1.40 bits per heavy atom. The van der Waals surface area contributed by atoms with Crippen LogP contribution >= 0.6 is 23.2 Å². The van der Waals surface area contributed by atoms with E-state index < -0.39 is 20.9 Å². The molecule has 108 valence electrons. The number of sulfonamides is 1. The number of aromatic nitrogens is 2. The van der Waals surface area contributed by atoms with Crippen molar-refractivity contribution in [1.82, 2.24) is 14.3 Å². The van der Waals surface area contributed by atoms with Gasteiger partial charge in [-0.2, -0.15) is 4.31 Å². The van der Waals surface area contributed by atoms with Crippen LogP contribution in [0, 0.1) is 5.82 Å². The molecule has 0 bridgehead atoms. The zero-order chi connectivity index (χ0) is 14.9. The maximum Gasteiger partial charge on any atom is 0.244 e. The summed E-state index contributed by atoms with van der Waals surface area (Å²) in [6, 6.07) is 2.32. The quantitative estimate of drug-likeness (QED) is 0.872. The van der Waals surface area contributed by atoms with Crippen molar-refractivity contribution in [1.29, 1.82) is 0 Å². The van der Waals surface area contributed by atoms with Gasteiger partial charge in [0, 0.05) is 19.4 Å². The Balaban J connectivity index is 2.37. The van der Waals surface area contributed by atoms with Crippen molar-refractivity contribution < 1.29 is 12.8 Å². The number of halogens is 3. The lowest BCUT2D eigenvalue weighted by atomic mass is 10.3. The molecule has 0 radical (unpaired) electrons. The minimum atomic E-state index is -3.94.